The van der Waals surface area contributed by atoms with E-state index >= 15 is 0 Å². The fourth-order valence-electron chi connectivity index (χ4n) is 2.12. The highest BCUT2D eigenvalue weighted by Gasteiger charge is 2.08. The molecule has 0 amide bonds. The van der Waals surface area contributed by atoms with Gasteiger partial charge < -0.3 is 5.32 Å². The molecule has 0 spiro atoms. The first-order valence-electron chi connectivity index (χ1n) is 6.48. The first-order chi connectivity index (χ1) is 9.11. The van der Waals surface area contributed by atoms with Gasteiger partial charge in [0.25, 0.3) is 0 Å². The Bertz CT molecular complexity index is 621. The van der Waals surface area contributed by atoms with Crippen LogP contribution in [0.4, 0.5) is 11.4 Å². The molecule has 0 unspecified atom stereocenters. The van der Waals surface area contributed by atoms with E-state index in [1.807, 2.05) is 37.3 Å². The average molecular weight is 250 g/mol. The minimum Gasteiger partial charge on any atom is -0.354 e. The molecule has 0 bridgehead atoms. The van der Waals surface area contributed by atoms with Crippen LogP contribution in [0.2, 0.25) is 0 Å². The second-order valence-corrected chi connectivity index (χ2v) is 5.03. The Kier molecular flexibility index (Phi) is 3.87. The number of hydrogen-bond acceptors (Lipinski definition) is 2. The van der Waals surface area contributed by atoms with Crippen molar-refractivity contribution in [2.45, 2.75) is 26.7 Å². The Balaban J connectivity index is 2.40. The van der Waals surface area contributed by atoms with E-state index in [2.05, 4.69) is 37.4 Å². The zero-order valence-corrected chi connectivity index (χ0v) is 11.6. The average Bonchev–Trinajstić information content (AvgIpc) is 2.41. The third-order valence-electron chi connectivity index (χ3n) is 3.15. The quantitative estimate of drug-likeness (QED) is 0.854. The summed E-state index contributed by atoms with van der Waals surface area (Å²) in [5.41, 5.74) is 4.96. The van der Waals surface area contributed by atoms with Gasteiger partial charge in [-0.05, 0) is 42.2 Å². The van der Waals surface area contributed by atoms with Crippen molar-refractivity contribution in [3.05, 3.63) is 59.2 Å². The lowest BCUT2D eigenvalue weighted by molar-refractivity contribution is 0.869. The van der Waals surface area contributed by atoms with Crippen LogP contribution in [0.3, 0.4) is 0 Å². The summed E-state index contributed by atoms with van der Waals surface area (Å²) in [5.74, 6) is 0.444. The molecule has 0 saturated heterocycles. The van der Waals surface area contributed by atoms with Gasteiger partial charge in [0.1, 0.15) is 6.07 Å². The molecule has 0 atom stereocenters. The van der Waals surface area contributed by atoms with Gasteiger partial charge in [0.2, 0.25) is 0 Å². The number of nitrogens with zero attached hydrogens (tertiary/aromatic N) is 1. The third-order valence-corrected chi connectivity index (χ3v) is 3.15. The summed E-state index contributed by atoms with van der Waals surface area (Å²) in [6, 6.07) is 16.3. The third kappa shape index (κ3) is 2.95. The van der Waals surface area contributed by atoms with Crippen LogP contribution >= 0.6 is 0 Å². The van der Waals surface area contributed by atoms with E-state index in [9.17, 15) is 5.26 Å². The SMILES string of the molecule is Cc1ccc(Nc2ccccc2C(C)C)c(C#N)c1. The molecule has 19 heavy (non-hydrogen) atoms. The highest BCUT2D eigenvalue weighted by Crippen LogP contribution is 2.28. The Hall–Kier alpha value is -2.27. The second-order valence-electron chi connectivity index (χ2n) is 5.03. The van der Waals surface area contributed by atoms with E-state index in [4.69, 9.17) is 0 Å². The van der Waals surface area contributed by atoms with E-state index in [1.165, 1.54) is 5.56 Å². The molecule has 0 fully saturated rings. The van der Waals surface area contributed by atoms with Gasteiger partial charge in [-0.15, -0.1) is 0 Å². The van der Waals surface area contributed by atoms with Crippen LogP contribution in [0.5, 0.6) is 0 Å². The van der Waals surface area contributed by atoms with E-state index in [1.54, 1.807) is 0 Å². The van der Waals surface area contributed by atoms with Crippen LogP contribution in [0.1, 0.15) is 36.5 Å². The first-order valence-corrected chi connectivity index (χ1v) is 6.48. The maximum Gasteiger partial charge on any atom is 0.101 e. The molecule has 0 radical (unpaired) electrons. The summed E-state index contributed by atoms with van der Waals surface area (Å²) in [6.07, 6.45) is 0. The molecule has 2 rings (SSSR count). The zero-order valence-electron chi connectivity index (χ0n) is 11.6. The number of hydrogen-bond donors (Lipinski definition) is 1. The fraction of sp³-hybridized carbons (Fsp3) is 0.235. The van der Waals surface area contributed by atoms with Gasteiger partial charge in [0, 0.05) is 5.69 Å². The summed E-state index contributed by atoms with van der Waals surface area (Å²) in [6.45, 7) is 6.33. The minimum atomic E-state index is 0.444. The van der Waals surface area contributed by atoms with Gasteiger partial charge in [0.05, 0.1) is 11.3 Å². The number of benzene rings is 2. The molecule has 96 valence electrons. The first kappa shape index (κ1) is 13.2. The molecule has 0 heterocycles. The normalized spacial score (nSPS) is 10.3. The Morgan fingerprint density at radius 3 is 2.47 bits per heavy atom. The molecular formula is C17H18N2. The molecule has 1 N–H and O–H groups in total. The Labute approximate surface area is 114 Å². The van der Waals surface area contributed by atoms with Gasteiger partial charge in [0.15, 0.2) is 0 Å². The van der Waals surface area contributed by atoms with Crippen molar-refractivity contribution in [2.24, 2.45) is 0 Å². The Morgan fingerprint density at radius 1 is 1.05 bits per heavy atom. The van der Waals surface area contributed by atoms with Crippen LogP contribution in [0.15, 0.2) is 42.5 Å². The summed E-state index contributed by atoms with van der Waals surface area (Å²) in [4.78, 5) is 0. The zero-order chi connectivity index (χ0) is 13.8. The highest BCUT2D eigenvalue weighted by molar-refractivity contribution is 5.69. The Morgan fingerprint density at radius 2 is 1.79 bits per heavy atom. The lowest BCUT2D eigenvalue weighted by Crippen LogP contribution is -1.99. The van der Waals surface area contributed by atoms with Gasteiger partial charge in [-0.1, -0.05) is 38.1 Å². The van der Waals surface area contributed by atoms with Crippen molar-refractivity contribution in [1.29, 1.82) is 5.26 Å². The smallest absolute Gasteiger partial charge is 0.101 e. The fourth-order valence-corrected chi connectivity index (χ4v) is 2.12. The maximum absolute atomic E-state index is 9.21. The van der Waals surface area contributed by atoms with Crippen LogP contribution < -0.4 is 5.32 Å². The van der Waals surface area contributed by atoms with Crippen molar-refractivity contribution in [1.82, 2.24) is 0 Å². The molecule has 2 heteroatoms. The largest absolute Gasteiger partial charge is 0.354 e. The molecule has 2 aromatic carbocycles. The van der Waals surface area contributed by atoms with E-state index in [0.717, 1.165) is 16.9 Å². The van der Waals surface area contributed by atoms with Gasteiger partial charge in [-0.3, -0.25) is 0 Å². The number of anilines is 2. The molecule has 2 aromatic rings. The standard InChI is InChI=1S/C17H18N2/c1-12(2)15-6-4-5-7-17(15)19-16-9-8-13(3)10-14(16)11-18/h4-10,12,19H,1-3H3. The highest BCUT2D eigenvalue weighted by atomic mass is 14.9. The molecule has 0 aliphatic carbocycles. The van der Waals surface area contributed by atoms with Crippen LogP contribution in [-0.2, 0) is 0 Å². The van der Waals surface area contributed by atoms with Gasteiger partial charge in [-0.2, -0.15) is 5.26 Å². The van der Waals surface area contributed by atoms with Crippen molar-refractivity contribution in [3.63, 3.8) is 0 Å². The van der Waals surface area contributed by atoms with Crippen molar-refractivity contribution < 1.29 is 0 Å². The van der Waals surface area contributed by atoms with E-state index in [0.29, 0.717) is 11.5 Å². The summed E-state index contributed by atoms with van der Waals surface area (Å²) >= 11 is 0. The second kappa shape index (κ2) is 5.58. The molecular weight excluding hydrogens is 232 g/mol. The summed E-state index contributed by atoms with van der Waals surface area (Å²) in [7, 11) is 0. The number of nitrogens with one attached hydrogen (secondary N) is 1. The predicted octanol–water partition coefficient (Wildman–Crippen LogP) is 4.73. The van der Waals surface area contributed by atoms with Crippen LogP contribution in [-0.4, -0.2) is 0 Å². The molecule has 0 saturated carbocycles. The number of aryl methyl sites for hydroxylation is 1. The lowest BCUT2D eigenvalue weighted by atomic mass is 10.0. The number of nitriles is 1. The number of rotatable bonds is 3. The van der Waals surface area contributed by atoms with Gasteiger partial charge in [-0.25, -0.2) is 0 Å². The minimum absolute atomic E-state index is 0.444. The van der Waals surface area contributed by atoms with E-state index < -0.39 is 0 Å². The van der Waals surface area contributed by atoms with Crippen molar-refractivity contribution in [2.75, 3.05) is 5.32 Å². The lowest BCUT2D eigenvalue weighted by Gasteiger charge is -2.15. The molecule has 2 nitrogen and oxygen atoms in total. The van der Waals surface area contributed by atoms with Crippen molar-refractivity contribution in [3.8, 4) is 6.07 Å². The predicted molar refractivity (Wildman–Crippen MR) is 79.7 cm³/mol. The number of para-hydroxylation sites is 1. The molecule has 0 aromatic heterocycles. The van der Waals surface area contributed by atoms with Crippen LogP contribution in [0.25, 0.3) is 0 Å². The topological polar surface area (TPSA) is 35.8 Å². The summed E-state index contributed by atoms with van der Waals surface area (Å²) in [5, 5.41) is 12.6. The molecule has 0 aliphatic rings. The van der Waals surface area contributed by atoms with Crippen LogP contribution in [0, 0.1) is 18.3 Å². The maximum atomic E-state index is 9.21. The van der Waals surface area contributed by atoms with Gasteiger partial charge >= 0.3 is 0 Å². The monoisotopic (exact) mass is 250 g/mol. The molecule has 0 aliphatic heterocycles. The van der Waals surface area contributed by atoms with E-state index in [-0.39, 0.29) is 0 Å². The summed E-state index contributed by atoms with van der Waals surface area (Å²) < 4.78 is 0. The van der Waals surface area contributed by atoms with Crippen molar-refractivity contribution >= 4 is 11.4 Å².